The molecule has 0 spiro atoms. The van der Waals surface area contributed by atoms with Gasteiger partial charge < -0.3 is 10.3 Å². The topological polar surface area (TPSA) is 64.9 Å². The Morgan fingerprint density at radius 2 is 2.19 bits per heavy atom. The van der Waals surface area contributed by atoms with Crippen LogP contribution in [0, 0.1) is 0 Å². The Morgan fingerprint density at radius 1 is 1.38 bits per heavy atom. The van der Waals surface area contributed by atoms with Crippen LogP contribution in [-0.2, 0) is 6.42 Å². The molecule has 4 nitrogen and oxygen atoms in total. The van der Waals surface area contributed by atoms with E-state index in [0.29, 0.717) is 5.89 Å². The standard InChI is InChI=1S/C17H23N3O/c1-3-13(11(2)18)17-19-16(20-21-17)15-10-6-8-12-7-4-5-9-14(12)15/h4-5,7,9,11,13,15H,3,6,8,10,18H2,1-2H3. The lowest BCUT2D eigenvalue weighted by Crippen LogP contribution is -2.24. The van der Waals surface area contributed by atoms with Crippen LogP contribution in [0.25, 0.3) is 0 Å². The SMILES string of the molecule is CCC(c1nc(C2CCCc3ccccc32)no1)C(C)N. The molecule has 112 valence electrons. The average molecular weight is 285 g/mol. The van der Waals surface area contributed by atoms with E-state index < -0.39 is 0 Å². The summed E-state index contributed by atoms with van der Waals surface area (Å²) in [5.74, 6) is 1.91. The minimum atomic E-state index is 0.0296. The van der Waals surface area contributed by atoms with Crippen molar-refractivity contribution in [2.24, 2.45) is 5.73 Å². The quantitative estimate of drug-likeness (QED) is 0.935. The molecule has 4 heteroatoms. The number of aromatic nitrogens is 2. The highest BCUT2D eigenvalue weighted by molar-refractivity contribution is 5.36. The fourth-order valence-electron chi connectivity index (χ4n) is 3.33. The van der Waals surface area contributed by atoms with Gasteiger partial charge in [-0.2, -0.15) is 4.98 Å². The van der Waals surface area contributed by atoms with E-state index in [-0.39, 0.29) is 17.9 Å². The normalized spacial score (nSPS) is 20.8. The molecule has 0 saturated heterocycles. The molecule has 3 unspecified atom stereocenters. The van der Waals surface area contributed by atoms with Crippen molar-refractivity contribution in [1.29, 1.82) is 0 Å². The van der Waals surface area contributed by atoms with Gasteiger partial charge in [0.2, 0.25) is 5.89 Å². The zero-order chi connectivity index (χ0) is 14.8. The van der Waals surface area contributed by atoms with Gasteiger partial charge in [-0.15, -0.1) is 0 Å². The highest BCUT2D eigenvalue weighted by Crippen LogP contribution is 2.35. The second-order valence-electron chi connectivity index (χ2n) is 6.01. The van der Waals surface area contributed by atoms with Crippen LogP contribution >= 0.6 is 0 Å². The first kappa shape index (κ1) is 14.3. The van der Waals surface area contributed by atoms with Crippen molar-refractivity contribution in [1.82, 2.24) is 10.1 Å². The lowest BCUT2D eigenvalue weighted by Gasteiger charge is -2.22. The van der Waals surface area contributed by atoms with Gasteiger partial charge in [0.1, 0.15) is 0 Å². The Hall–Kier alpha value is -1.68. The first-order valence-electron chi connectivity index (χ1n) is 7.87. The summed E-state index contributed by atoms with van der Waals surface area (Å²) in [5.41, 5.74) is 8.78. The summed E-state index contributed by atoms with van der Waals surface area (Å²) in [5, 5.41) is 4.25. The monoisotopic (exact) mass is 285 g/mol. The lowest BCUT2D eigenvalue weighted by molar-refractivity contribution is 0.329. The van der Waals surface area contributed by atoms with Crippen molar-refractivity contribution in [2.75, 3.05) is 0 Å². The maximum absolute atomic E-state index is 6.02. The Balaban J connectivity index is 1.91. The number of fused-ring (bicyclic) bond motifs is 1. The van der Waals surface area contributed by atoms with Crippen LogP contribution in [-0.4, -0.2) is 16.2 Å². The molecular weight excluding hydrogens is 262 g/mol. The smallest absolute Gasteiger partial charge is 0.231 e. The highest BCUT2D eigenvalue weighted by Gasteiger charge is 2.28. The van der Waals surface area contributed by atoms with Crippen LogP contribution in [0.2, 0.25) is 0 Å². The summed E-state index contributed by atoms with van der Waals surface area (Å²) >= 11 is 0. The maximum atomic E-state index is 6.02. The summed E-state index contributed by atoms with van der Waals surface area (Å²) in [6, 6.07) is 8.63. The van der Waals surface area contributed by atoms with Crippen molar-refractivity contribution in [3.63, 3.8) is 0 Å². The zero-order valence-electron chi connectivity index (χ0n) is 12.7. The molecule has 0 bridgehead atoms. The molecule has 0 aliphatic heterocycles. The molecule has 1 aliphatic carbocycles. The van der Waals surface area contributed by atoms with Gasteiger partial charge in [-0.3, -0.25) is 0 Å². The predicted octanol–water partition coefficient (Wildman–Crippen LogP) is 3.38. The Labute approximate surface area is 125 Å². The molecule has 0 amide bonds. The van der Waals surface area contributed by atoms with E-state index in [1.165, 1.54) is 17.5 Å². The Kier molecular flexibility index (Phi) is 4.06. The maximum Gasteiger partial charge on any atom is 0.231 e. The molecule has 3 rings (SSSR count). The van der Waals surface area contributed by atoms with Gasteiger partial charge in [0, 0.05) is 12.0 Å². The van der Waals surface area contributed by atoms with E-state index in [1.807, 2.05) is 6.92 Å². The van der Waals surface area contributed by atoms with Gasteiger partial charge in [-0.1, -0.05) is 36.3 Å². The third kappa shape index (κ3) is 2.72. The van der Waals surface area contributed by atoms with E-state index in [1.54, 1.807) is 0 Å². The van der Waals surface area contributed by atoms with Crippen LogP contribution in [0.15, 0.2) is 28.8 Å². The number of hydrogen-bond donors (Lipinski definition) is 1. The summed E-state index contributed by atoms with van der Waals surface area (Å²) in [4.78, 5) is 4.67. The summed E-state index contributed by atoms with van der Waals surface area (Å²) < 4.78 is 5.51. The minimum absolute atomic E-state index is 0.0296. The summed E-state index contributed by atoms with van der Waals surface area (Å²) in [7, 11) is 0. The number of rotatable bonds is 4. The van der Waals surface area contributed by atoms with Gasteiger partial charge in [0.15, 0.2) is 5.82 Å². The number of nitrogens with two attached hydrogens (primary N) is 1. The van der Waals surface area contributed by atoms with Crippen LogP contribution in [0.4, 0.5) is 0 Å². The van der Waals surface area contributed by atoms with Gasteiger partial charge in [0.25, 0.3) is 0 Å². The molecule has 0 radical (unpaired) electrons. The van der Waals surface area contributed by atoms with Gasteiger partial charge >= 0.3 is 0 Å². The van der Waals surface area contributed by atoms with Crippen molar-refractivity contribution >= 4 is 0 Å². The van der Waals surface area contributed by atoms with E-state index in [2.05, 4.69) is 41.3 Å². The zero-order valence-corrected chi connectivity index (χ0v) is 12.7. The highest BCUT2D eigenvalue weighted by atomic mass is 16.5. The fourth-order valence-corrected chi connectivity index (χ4v) is 3.33. The molecule has 1 aromatic heterocycles. The van der Waals surface area contributed by atoms with Gasteiger partial charge in [0.05, 0.1) is 5.92 Å². The molecule has 3 atom stereocenters. The predicted molar refractivity (Wildman–Crippen MR) is 82.2 cm³/mol. The van der Waals surface area contributed by atoms with Gasteiger partial charge in [-0.25, -0.2) is 0 Å². The van der Waals surface area contributed by atoms with Crippen LogP contribution in [0.1, 0.15) is 67.8 Å². The molecule has 2 N–H and O–H groups in total. The summed E-state index contributed by atoms with van der Waals surface area (Å²) in [6.45, 7) is 4.10. The second-order valence-corrected chi connectivity index (χ2v) is 6.01. The number of aryl methyl sites for hydroxylation is 1. The molecule has 2 aromatic rings. The molecule has 0 fully saturated rings. The lowest BCUT2D eigenvalue weighted by atomic mass is 9.82. The van der Waals surface area contributed by atoms with Crippen molar-refractivity contribution in [3.8, 4) is 0 Å². The molecule has 21 heavy (non-hydrogen) atoms. The third-order valence-electron chi connectivity index (χ3n) is 4.53. The van der Waals surface area contributed by atoms with Crippen LogP contribution in [0.3, 0.4) is 0 Å². The molecule has 1 aliphatic rings. The largest absolute Gasteiger partial charge is 0.339 e. The van der Waals surface area contributed by atoms with Crippen LogP contribution in [0.5, 0.6) is 0 Å². The molecule has 1 aromatic carbocycles. The van der Waals surface area contributed by atoms with Crippen molar-refractivity contribution < 1.29 is 4.52 Å². The van der Waals surface area contributed by atoms with Gasteiger partial charge in [-0.05, 0) is 43.7 Å². The number of nitrogens with zero attached hydrogens (tertiary/aromatic N) is 2. The van der Waals surface area contributed by atoms with E-state index in [4.69, 9.17) is 10.3 Å². The third-order valence-corrected chi connectivity index (χ3v) is 4.53. The first-order chi connectivity index (χ1) is 10.2. The summed E-state index contributed by atoms with van der Waals surface area (Å²) in [6.07, 6.45) is 4.33. The van der Waals surface area contributed by atoms with E-state index >= 15 is 0 Å². The van der Waals surface area contributed by atoms with Crippen LogP contribution < -0.4 is 5.73 Å². The Bertz CT molecular complexity index is 606. The minimum Gasteiger partial charge on any atom is -0.339 e. The second kappa shape index (κ2) is 5.98. The number of benzene rings is 1. The van der Waals surface area contributed by atoms with E-state index in [9.17, 15) is 0 Å². The first-order valence-corrected chi connectivity index (χ1v) is 7.87. The fraction of sp³-hybridized carbons (Fsp3) is 0.529. The molecule has 0 saturated carbocycles. The average Bonchev–Trinajstić information content (AvgIpc) is 2.96. The van der Waals surface area contributed by atoms with E-state index in [0.717, 1.165) is 25.1 Å². The van der Waals surface area contributed by atoms with Crippen molar-refractivity contribution in [3.05, 3.63) is 47.1 Å². The van der Waals surface area contributed by atoms with Crippen molar-refractivity contribution in [2.45, 2.75) is 57.4 Å². The molecule has 1 heterocycles. The number of hydrogen-bond acceptors (Lipinski definition) is 4. The molecular formula is C17H23N3O. The Morgan fingerprint density at radius 3 is 2.95 bits per heavy atom.